The van der Waals surface area contributed by atoms with Crippen molar-refractivity contribution in [2.24, 2.45) is 0 Å². The van der Waals surface area contributed by atoms with Crippen LogP contribution in [0.4, 0.5) is 0 Å². The summed E-state index contributed by atoms with van der Waals surface area (Å²) in [5.74, 6) is 0.751. The fraction of sp³-hybridized carbons (Fsp3) is 0.316. The van der Waals surface area contributed by atoms with Crippen LogP contribution in [-0.2, 0) is 0 Å². The Hall–Kier alpha value is -2.29. The number of aryl methyl sites for hydroxylation is 3. The van der Waals surface area contributed by atoms with Crippen LogP contribution in [0.2, 0.25) is 0 Å². The molecule has 3 nitrogen and oxygen atoms in total. The molecule has 0 aromatic heterocycles. The first-order valence-corrected chi connectivity index (χ1v) is 7.53. The highest BCUT2D eigenvalue weighted by Crippen LogP contribution is 2.12. The van der Waals surface area contributed by atoms with E-state index < -0.39 is 0 Å². The highest BCUT2D eigenvalue weighted by molar-refractivity contribution is 5.94. The minimum absolute atomic E-state index is 0.0598. The highest BCUT2D eigenvalue weighted by atomic mass is 16.5. The molecule has 22 heavy (non-hydrogen) atoms. The van der Waals surface area contributed by atoms with Crippen LogP contribution in [-0.4, -0.2) is 18.6 Å². The predicted octanol–water partition coefficient (Wildman–Crippen LogP) is 3.81. The van der Waals surface area contributed by atoms with Crippen molar-refractivity contribution < 1.29 is 9.53 Å². The lowest BCUT2D eigenvalue weighted by Crippen LogP contribution is -2.36. The normalized spacial score (nSPS) is 11.8. The van der Waals surface area contributed by atoms with E-state index in [0.29, 0.717) is 12.2 Å². The van der Waals surface area contributed by atoms with Crippen molar-refractivity contribution in [3.8, 4) is 5.75 Å². The summed E-state index contributed by atoms with van der Waals surface area (Å²) in [6, 6.07) is 13.6. The molecule has 1 atom stereocenters. The van der Waals surface area contributed by atoms with Crippen molar-refractivity contribution in [1.82, 2.24) is 5.32 Å². The molecular formula is C19H23NO2. The summed E-state index contributed by atoms with van der Waals surface area (Å²) in [6.07, 6.45) is 0. The molecule has 0 fully saturated rings. The maximum atomic E-state index is 12.2. The first-order valence-electron chi connectivity index (χ1n) is 7.53. The van der Waals surface area contributed by atoms with Gasteiger partial charge in [-0.25, -0.2) is 0 Å². The van der Waals surface area contributed by atoms with E-state index >= 15 is 0 Å². The lowest BCUT2D eigenvalue weighted by atomic mass is 10.1. The van der Waals surface area contributed by atoms with Crippen molar-refractivity contribution in [2.45, 2.75) is 33.7 Å². The van der Waals surface area contributed by atoms with Crippen molar-refractivity contribution >= 4 is 5.91 Å². The van der Waals surface area contributed by atoms with E-state index in [0.717, 1.165) is 11.3 Å². The first kappa shape index (κ1) is 16.1. The van der Waals surface area contributed by atoms with Crippen molar-refractivity contribution in [3.05, 3.63) is 64.7 Å². The summed E-state index contributed by atoms with van der Waals surface area (Å²) in [4.78, 5) is 12.2. The minimum atomic E-state index is -0.0666. The number of amides is 1. The quantitative estimate of drug-likeness (QED) is 0.911. The van der Waals surface area contributed by atoms with E-state index in [4.69, 9.17) is 4.74 Å². The second-order valence-corrected chi connectivity index (χ2v) is 5.80. The Morgan fingerprint density at radius 1 is 1.05 bits per heavy atom. The number of carbonyl (C=O) groups excluding carboxylic acids is 1. The van der Waals surface area contributed by atoms with Crippen molar-refractivity contribution in [1.29, 1.82) is 0 Å². The number of benzene rings is 2. The van der Waals surface area contributed by atoms with Gasteiger partial charge in [0.2, 0.25) is 0 Å². The van der Waals surface area contributed by atoms with Gasteiger partial charge in [-0.1, -0.05) is 23.8 Å². The van der Waals surface area contributed by atoms with Gasteiger partial charge in [-0.2, -0.15) is 0 Å². The van der Waals surface area contributed by atoms with Gasteiger partial charge in [0.05, 0.1) is 6.04 Å². The summed E-state index contributed by atoms with van der Waals surface area (Å²) in [5.41, 5.74) is 4.19. The molecule has 0 radical (unpaired) electrons. The van der Waals surface area contributed by atoms with Gasteiger partial charge in [0.1, 0.15) is 12.4 Å². The fourth-order valence-electron chi connectivity index (χ4n) is 2.09. The predicted molar refractivity (Wildman–Crippen MR) is 89.5 cm³/mol. The summed E-state index contributed by atoms with van der Waals surface area (Å²) in [6.45, 7) is 8.47. The molecule has 0 aliphatic heterocycles. The van der Waals surface area contributed by atoms with E-state index in [1.54, 1.807) is 0 Å². The summed E-state index contributed by atoms with van der Waals surface area (Å²) >= 11 is 0. The largest absolute Gasteiger partial charge is 0.491 e. The number of hydrogen-bond donors (Lipinski definition) is 1. The molecule has 0 aliphatic carbocycles. The lowest BCUT2D eigenvalue weighted by molar-refractivity contribution is 0.0926. The average Bonchev–Trinajstić information content (AvgIpc) is 2.49. The maximum absolute atomic E-state index is 12.2. The van der Waals surface area contributed by atoms with Crippen LogP contribution in [0.5, 0.6) is 5.75 Å². The van der Waals surface area contributed by atoms with E-state index in [2.05, 4.69) is 5.32 Å². The average molecular weight is 297 g/mol. The maximum Gasteiger partial charge on any atom is 0.251 e. The zero-order chi connectivity index (χ0) is 16.1. The molecule has 0 heterocycles. The Morgan fingerprint density at radius 2 is 1.73 bits per heavy atom. The molecule has 0 saturated heterocycles. The summed E-state index contributed by atoms with van der Waals surface area (Å²) in [7, 11) is 0. The van der Waals surface area contributed by atoms with E-state index in [9.17, 15) is 4.79 Å². The molecule has 1 N–H and O–H groups in total. The molecule has 1 amide bonds. The van der Waals surface area contributed by atoms with Gasteiger partial charge < -0.3 is 10.1 Å². The lowest BCUT2D eigenvalue weighted by Gasteiger charge is -2.15. The third kappa shape index (κ3) is 4.35. The number of rotatable bonds is 5. The van der Waals surface area contributed by atoms with Gasteiger partial charge in [-0.3, -0.25) is 4.79 Å². The van der Waals surface area contributed by atoms with E-state index in [-0.39, 0.29) is 11.9 Å². The monoisotopic (exact) mass is 297 g/mol. The van der Waals surface area contributed by atoms with Crippen LogP contribution in [0.15, 0.2) is 42.5 Å². The third-order valence-corrected chi connectivity index (χ3v) is 3.67. The molecule has 2 aromatic carbocycles. The van der Waals surface area contributed by atoms with Crippen LogP contribution in [0.1, 0.15) is 34.0 Å². The Kier molecular flexibility index (Phi) is 5.21. The van der Waals surface area contributed by atoms with E-state index in [1.165, 1.54) is 11.1 Å². The summed E-state index contributed by atoms with van der Waals surface area (Å²) in [5, 5.41) is 2.96. The Morgan fingerprint density at radius 3 is 2.36 bits per heavy atom. The molecule has 0 bridgehead atoms. The molecule has 116 valence electrons. The Bertz CT molecular complexity index is 647. The number of hydrogen-bond acceptors (Lipinski definition) is 2. The van der Waals surface area contributed by atoms with Crippen molar-refractivity contribution in [2.75, 3.05) is 6.61 Å². The minimum Gasteiger partial charge on any atom is -0.491 e. The number of carbonyl (C=O) groups is 1. The molecule has 0 aliphatic rings. The zero-order valence-electron chi connectivity index (χ0n) is 13.6. The third-order valence-electron chi connectivity index (χ3n) is 3.67. The SMILES string of the molecule is Cc1ccc(OC[C@@H](C)NC(=O)c2ccc(C)c(C)c2)cc1. The van der Waals surface area contributed by atoms with Gasteiger partial charge in [-0.05, 0) is 63.1 Å². The van der Waals surface area contributed by atoms with Crippen LogP contribution >= 0.6 is 0 Å². The zero-order valence-corrected chi connectivity index (χ0v) is 13.6. The second kappa shape index (κ2) is 7.12. The van der Waals surface area contributed by atoms with Gasteiger partial charge in [0.25, 0.3) is 5.91 Å². The molecule has 0 unspecified atom stereocenters. The van der Waals surface area contributed by atoms with E-state index in [1.807, 2.05) is 70.2 Å². The van der Waals surface area contributed by atoms with Gasteiger partial charge >= 0.3 is 0 Å². The molecule has 2 rings (SSSR count). The highest BCUT2D eigenvalue weighted by Gasteiger charge is 2.11. The number of nitrogens with one attached hydrogen (secondary N) is 1. The number of ether oxygens (including phenoxy) is 1. The smallest absolute Gasteiger partial charge is 0.251 e. The van der Waals surface area contributed by atoms with Gasteiger partial charge in [-0.15, -0.1) is 0 Å². The van der Waals surface area contributed by atoms with Crippen molar-refractivity contribution in [3.63, 3.8) is 0 Å². The van der Waals surface area contributed by atoms with Crippen LogP contribution in [0.25, 0.3) is 0 Å². The standard InChI is InChI=1S/C19H23NO2/c1-13-5-9-18(10-6-13)22-12-16(4)20-19(21)17-8-7-14(2)15(3)11-17/h5-11,16H,12H2,1-4H3,(H,20,21)/t16-/m1/s1. The van der Waals surface area contributed by atoms with Crippen LogP contribution < -0.4 is 10.1 Å². The molecule has 3 heteroatoms. The molecule has 0 spiro atoms. The van der Waals surface area contributed by atoms with Gasteiger partial charge in [0, 0.05) is 5.56 Å². The molecular weight excluding hydrogens is 274 g/mol. The van der Waals surface area contributed by atoms with Crippen LogP contribution in [0.3, 0.4) is 0 Å². The Labute approximate surface area is 132 Å². The topological polar surface area (TPSA) is 38.3 Å². The van der Waals surface area contributed by atoms with Crippen LogP contribution in [0, 0.1) is 20.8 Å². The van der Waals surface area contributed by atoms with Gasteiger partial charge in [0.15, 0.2) is 0 Å². The fourth-order valence-corrected chi connectivity index (χ4v) is 2.09. The second-order valence-electron chi connectivity index (χ2n) is 5.80. The molecule has 0 saturated carbocycles. The summed E-state index contributed by atoms with van der Waals surface area (Å²) < 4.78 is 5.69. The Balaban J connectivity index is 1.88. The first-order chi connectivity index (χ1) is 10.5. The molecule has 2 aromatic rings.